The lowest BCUT2D eigenvalue weighted by Crippen LogP contribution is -2.04. The SMILES string of the molecule is C#CCONc1ccccc1-c1nc(C)cc(C2CC2)n1. The molecule has 1 aromatic heterocycles. The topological polar surface area (TPSA) is 47.0 Å². The van der Waals surface area contributed by atoms with Gasteiger partial charge in [0, 0.05) is 22.9 Å². The van der Waals surface area contributed by atoms with Crippen molar-refractivity contribution in [1.82, 2.24) is 9.97 Å². The number of aryl methyl sites for hydroxylation is 1. The summed E-state index contributed by atoms with van der Waals surface area (Å²) in [6.45, 7) is 2.21. The Morgan fingerprint density at radius 1 is 1.33 bits per heavy atom. The van der Waals surface area contributed by atoms with E-state index in [1.165, 1.54) is 12.8 Å². The van der Waals surface area contributed by atoms with E-state index >= 15 is 0 Å². The highest BCUT2D eigenvalue weighted by Crippen LogP contribution is 2.40. The van der Waals surface area contributed by atoms with Crippen LogP contribution in [0.15, 0.2) is 30.3 Å². The molecule has 0 radical (unpaired) electrons. The van der Waals surface area contributed by atoms with Gasteiger partial charge in [0.1, 0.15) is 6.61 Å². The van der Waals surface area contributed by atoms with E-state index in [1.807, 2.05) is 31.2 Å². The highest BCUT2D eigenvalue weighted by atomic mass is 16.6. The Kier molecular flexibility index (Phi) is 3.85. The van der Waals surface area contributed by atoms with Gasteiger partial charge in [0.05, 0.1) is 5.69 Å². The first-order chi connectivity index (χ1) is 10.3. The smallest absolute Gasteiger partial charge is 0.161 e. The summed E-state index contributed by atoms with van der Waals surface area (Å²) >= 11 is 0. The number of terminal acetylenes is 1. The molecule has 1 fully saturated rings. The zero-order valence-electron chi connectivity index (χ0n) is 12.0. The fourth-order valence-corrected chi connectivity index (χ4v) is 2.22. The fourth-order valence-electron chi connectivity index (χ4n) is 2.22. The molecular formula is C17H17N3O. The Bertz CT molecular complexity index is 687. The average Bonchev–Trinajstić information content (AvgIpc) is 3.32. The fraction of sp³-hybridized carbons (Fsp3) is 0.294. The number of hydrogen-bond acceptors (Lipinski definition) is 4. The molecule has 2 aromatic rings. The van der Waals surface area contributed by atoms with Crippen LogP contribution in [0, 0.1) is 19.3 Å². The van der Waals surface area contributed by atoms with E-state index in [4.69, 9.17) is 16.2 Å². The number of benzene rings is 1. The van der Waals surface area contributed by atoms with Crippen molar-refractivity contribution in [2.75, 3.05) is 12.1 Å². The highest BCUT2D eigenvalue weighted by molar-refractivity contribution is 5.72. The van der Waals surface area contributed by atoms with E-state index in [1.54, 1.807) is 0 Å². The van der Waals surface area contributed by atoms with Crippen molar-refractivity contribution in [3.8, 4) is 23.7 Å². The van der Waals surface area contributed by atoms with E-state index < -0.39 is 0 Å². The monoisotopic (exact) mass is 279 g/mol. The van der Waals surface area contributed by atoms with Crippen molar-refractivity contribution in [3.63, 3.8) is 0 Å². The zero-order chi connectivity index (χ0) is 14.7. The molecule has 106 valence electrons. The number of nitrogens with one attached hydrogen (secondary N) is 1. The minimum Gasteiger partial charge on any atom is -0.265 e. The molecule has 0 aliphatic heterocycles. The molecule has 0 atom stereocenters. The molecule has 1 saturated carbocycles. The van der Waals surface area contributed by atoms with Crippen molar-refractivity contribution in [2.24, 2.45) is 0 Å². The van der Waals surface area contributed by atoms with E-state index in [2.05, 4.69) is 22.5 Å². The standard InChI is InChI=1S/C17H17N3O/c1-3-10-21-20-15-7-5-4-6-14(15)17-18-12(2)11-16(19-17)13-8-9-13/h1,4-7,11,13,20H,8-10H2,2H3. The van der Waals surface area contributed by atoms with Crippen LogP contribution in [0.3, 0.4) is 0 Å². The second-order valence-corrected chi connectivity index (χ2v) is 5.17. The Labute approximate surface area is 124 Å². The Morgan fingerprint density at radius 2 is 2.14 bits per heavy atom. The summed E-state index contributed by atoms with van der Waals surface area (Å²) in [5.74, 6) is 3.75. The molecule has 0 saturated heterocycles. The van der Waals surface area contributed by atoms with Crippen molar-refractivity contribution < 1.29 is 4.84 Å². The van der Waals surface area contributed by atoms with Gasteiger partial charge in [-0.1, -0.05) is 18.1 Å². The van der Waals surface area contributed by atoms with Crippen LogP contribution in [0.5, 0.6) is 0 Å². The van der Waals surface area contributed by atoms with E-state index in [0.29, 0.717) is 5.92 Å². The van der Waals surface area contributed by atoms with Gasteiger partial charge in [0.25, 0.3) is 0 Å². The quantitative estimate of drug-likeness (QED) is 0.518. The molecule has 1 N–H and O–H groups in total. The third kappa shape index (κ3) is 3.21. The molecule has 4 heteroatoms. The molecule has 0 amide bonds. The molecule has 4 nitrogen and oxygen atoms in total. The van der Waals surface area contributed by atoms with Gasteiger partial charge in [-0.05, 0) is 38.0 Å². The average molecular weight is 279 g/mol. The maximum Gasteiger partial charge on any atom is 0.161 e. The molecule has 3 rings (SSSR count). The van der Waals surface area contributed by atoms with Crippen LogP contribution in [0.2, 0.25) is 0 Å². The highest BCUT2D eigenvalue weighted by Gasteiger charge is 2.26. The normalized spacial score (nSPS) is 13.7. The molecule has 1 aromatic carbocycles. The number of para-hydroxylation sites is 1. The van der Waals surface area contributed by atoms with Gasteiger partial charge in [-0.25, -0.2) is 9.97 Å². The Hall–Kier alpha value is -2.38. The predicted octanol–water partition coefficient (Wildman–Crippen LogP) is 3.31. The molecule has 1 aliphatic rings. The van der Waals surface area contributed by atoms with E-state index in [0.717, 1.165) is 28.5 Å². The van der Waals surface area contributed by atoms with Gasteiger partial charge >= 0.3 is 0 Å². The zero-order valence-corrected chi connectivity index (χ0v) is 12.0. The van der Waals surface area contributed by atoms with Crippen LogP contribution in [0.4, 0.5) is 5.69 Å². The number of hydrogen-bond donors (Lipinski definition) is 1. The summed E-state index contributed by atoms with van der Waals surface area (Å²) in [4.78, 5) is 14.5. The minimum atomic E-state index is 0.205. The molecule has 0 spiro atoms. The second kappa shape index (κ2) is 5.94. The first-order valence-electron chi connectivity index (χ1n) is 7.04. The summed E-state index contributed by atoms with van der Waals surface area (Å²) in [6.07, 6.45) is 7.63. The summed E-state index contributed by atoms with van der Waals surface area (Å²) in [6, 6.07) is 9.88. The largest absolute Gasteiger partial charge is 0.265 e. The first kappa shape index (κ1) is 13.6. The van der Waals surface area contributed by atoms with Crippen molar-refractivity contribution >= 4 is 5.69 Å². The van der Waals surface area contributed by atoms with Crippen molar-refractivity contribution in [2.45, 2.75) is 25.7 Å². The lowest BCUT2D eigenvalue weighted by atomic mass is 10.1. The molecule has 21 heavy (non-hydrogen) atoms. The molecule has 1 aliphatic carbocycles. The van der Waals surface area contributed by atoms with Gasteiger partial charge < -0.3 is 0 Å². The van der Waals surface area contributed by atoms with Crippen molar-refractivity contribution in [1.29, 1.82) is 0 Å². The summed E-state index contributed by atoms with van der Waals surface area (Å²) < 4.78 is 0. The maximum absolute atomic E-state index is 5.21. The number of rotatable bonds is 5. The second-order valence-electron chi connectivity index (χ2n) is 5.17. The summed E-state index contributed by atoms with van der Waals surface area (Å²) in [7, 11) is 0. The number of nitrogens with zero attached hydrogens (tertiary/aromatic N) is 2. The summed E-state index contributed by atoms with van der Waals surface area (Å²) in [5.41, 5.74) is 6.73. The summed E-state index contributed by atoms with van der Waals surface area (Å²) in [5, 5.41) is 0. The lowest BCUT2D eigenvalue weighted by molar-refractivity contribution is 0.234. The molecule has 0 bridgehead atoms. The van der Waals surface area contributed by atoms with Gasteiger partial charge in [0.2, 0.25) is 0 Å². The minimum absolute atomic E-state index is 0.205. The van der Waals surface area contributed by atoms with Crippen molar-refractivity contribution in [3.05, 3.63) is 41.7 Å². The molecular weight excluding hydrogens is 262 g/mol. The number of aromatic nitrogens is 2. The predicted molar refractivity (Wildman–Crippen MR) is 82.6 cm³/mol. The Balaban J connectivity index is 1.94. The lowest BCUT2D eigenvalue weighted by Gasteiger charge is -2.11. The molecule has 0 unspecified atom stereocenters. The van der Waals surface area contributed by atoms with Crippen LogP contribution < -0.4 is 5.48 Å². The van der Waals surface area contributed by atoms with Crippen LogP contribution >= 0.6 is 0 Å². The van der Waals surface area contributed by atoms with Gasteiger partial charge in [-0.3, -0.25) is 10.3 Å². The van der Waals surface area contributed by atoms with E-state index in [9.17, 15) is 0 Å². The number of anilines is 1. The van der Waals surface area contributed by atoms with Crippen LogP contribution in [0.25, 0.3) is 11.4 Å². The maximum atomic E-state index is 5.21. The Morgan fingerprint density at radius 3 is 2.90 bits per heavy atom. The van der Waals surface area contributed by atoms with Gasteiger partial charge in [0.15, 0.2) is 5.82 Å². The van der Waals surface area contributed by atoms with Gasteiger partial charge in [-0.15, -0.1) is 6.42 Å². The van der Waals surface area contributed by atoms with Gasteiger partial charge in [-0.2, -0.15) is 0 Å². The molecule has 1 heterocycles. The third-order valence-electron chi connectivity index (χ3n) is 3.38. The van der Waals surface area contributed by atoms with E-state index in [-0.39, 0.29) is 6.61 Å². The van der Waals surface area contributed by atoms with Crippen LogP contribution in [-0.4, -0.2) is 16.6 Å². The van der Waals surface area contributed by atoms with Crippen LogP contribution in [0.1, 0.15) is 30.1 Å². The first-order valence-corrected chi connectivity index (χ1v) is 7.04. The van der Waals surface area contributed by atoms with Crippen LogP contribution in [-0.2, 0) is 4.84 Å². The third-order valence-corrected chi connectivity index (χ3v) is 3.38.